The molecular weight excluding hydrogens is 216 g/mol. The fourth-order valence-corrected chi connectivity index (χ4v) is 1.52. The summed E-state index contributed by atoms with van der Waals surface area (Å²) >= 11 is 0. The second-order valence-corrected chi connectivity index (χ2v) is 3.42. The smallest absolute Gasteiger partial charge is 0.223 e. The van der Waals surface area contributed by atoms with Gasteiger partial charge in [-0.05, 0) is 17.7 Å². The van der Waals surface area contributed by atoms with E-state index in [1.54, 1.807) is 24.3 Å². The van der Waals surface area contributed by atoms with Gasteiger partial charge < -0.3 is 17.2 Å². The van der Waals surface area contributed by atoms with Gasteiger partial charge in [0.2, 0.25) is 5.95 Å². The highest BCUT2D eigenvalue weighted by Gasteiger charge is 2.10. The predicted octanol–water partition coefficient (Wildman–Crippen LogP) is 0.762. The van der Waals surface area contributed by atoms with Gasteiger partial charge in [0, 0.05) is 0 Å². The van der Waals surface area contributed by atoms with Crippen molar-refractivity contribution in [3.8, 4) is 17.2 Å². The number of hydrogen-bond acceptors (Lipinski definition) is 6. The first kappa shape index (κ1) is 10.7. The Kier molecular flexibility index (Phi) is 2.51. The van der Waals surface area contributed by atoms with Crippen molar-refractivity contribution in [2.45, 2.75) is 0 Å². The maximum Gasteiger partial charge on any atom is 0.223 e. The second-order valence-electron chi connectivity index (χ2n) is 3.42. The molecule has 0 fully saturated rings. The van der Waals surface area contributed by atoms with Crippen LogP contribution in [0, 0.1) is 11.3 Å². The Morgan fingerprint density at radius 2 is 1.47 bits per heavy atom. The maximum absolute atomic E-state index is 8.70. The summed E-state index contributed by atoms with van der Waals surface area (Å²) in [5.74, 6) is 0.483. The number of benzene rings is 1. The Morgan fingerprint density at radius 3 is 1.94 bits per heavy atom. The van der Waals surface area contributed by atoms with Crippen LogP contribution in [-0.4, -0.2) is 9.97 Å². The minimum atomic E-state index is 0.0393. The highest BCUT2D eigenvalue weighted by Crippen LogP contribution is 2.29. The van der Waals surface area contributed by atoms with Gasteiger partial charge in [0.05, 0.1) is 17.2 Å². The lowest BCUT2D eigenvalue weighted by Gasteiger charge is -2.08. The lowest BCUT2D eigenvalue weighted by atomic mass is 10.1. The Hall–Kier alpha value is -2.81. The molecule has 0 radical (unpaired) electrons. The quantitative estimate of drug-likeness (QED) is 0.658. The summed E-state index contributed by atoms with van der Waals surface area (Å²) in [6.07, 6.45) is 0. The third-order valence-electron chi connectivity index (χ3n) is 2.28. The van der Waals surface area contributed by atoms with E-state index in [-0.39, 0.29) is 17.6 Å². The molecule has 1 heterocycles. The van der Waals surface area contributed by atoms with Crippen molar-refractivity contribution >= 4 is 17.6 Å². The average molecular weight is 226 g/mol. The van der Waals surface area contributed by atoms with Crippen LogP contribution in [0.25, 0.3) is 11.1 Å². The SMILES string of the molecule is N#Cc1ccc(-c2c(N)nc(N)nc2N)cc1. The van der Waals surface area contributed by atoms with Crippen LogP contribution in [0.3, 0.4) is 0 Å². The van der Waals surface area contributed by atoms with E-state index in [0.717, 1.165) is 5.56 Å². The number of nitriles is 1. The van der Waals surface area contributed by atoms with E-state index in [0.29, 0.717) is 11.1 Å². The molecule has 0 bridgehead atoms. The van der Waals surface area contributed by atoms with Crippen molar-refractivity contribution in [1.29, 1.82) is 5.26 Å². The van der Waals surface area contributed by atoms with Gasteiger partial charge in [0.25, 0.3) is 0 Å². The van der Waals surface area contributed by atoms with Crippen molar-refractivity contribution in [1.82, 2.24) is 9.97 Å². The largest absolute Gasteiger partial charge is 0.383 e. The predicted molar refractivity (Wildman–Crippen MR) is 65.4 cm³/mol. The number of nitrogens with zero attached hydrogens (tertiary/aromatic N) is 3. The number of nitrogen functional groups attached to an aromatic ring is 3. The number of nitrogens with two attached hydrogens (primary N) is 3. The summed E-state index contributed by atoms with van der Waals surface area (Å²) in [6, 6.07) is 8.85. The Morgan fingerprint density at radius 1 is 0.941 bits per heavy atom. The first-order chi connectivity index (χ1) is 8.11. The standard InChI is InChI=1S/C11H10N6/c12-5-6-1-3-7(4-2-6)8-9(13)16-11(15)17-10(8)14/h1-4H,(H6,13,14,15,16,17). The van der Waals surface area contributed by atoms with E-state index in [1.165, 1.54) is 0 Å². The lowest BCUT2D eigenvalue weighted by molar-refractivity contribution is 1.20. The van der Waals surface area contributed by atoms with Crippen molar-refractivity contribution in [2.75, 3.05) is 17.2 Å². The molecule has 0 saturated carbocycles. The summed E-state index contributed by atoms with van der Waals surface area (Å²) in [4.78, 5) is 7.71. The molecule has 17 heavy (non-hydrogen) atoms. The number of anilines is 3. The molecule has 1 aromatic heterocycles. The van der Waals surface area contributed by atoms with E-state index < -0.39 is 0 Å². The minimum absolute atomic E-state index is 0.0393. The normalized spacial score (nSPS) is 9.82. The van der Waals surface area contributed by atoms with Gasteiger partial charge in [-0.25, -0.2) is 0 Å². The highest BCUT2D eigenvalue weighted by molar-refractivity contribution is 5.83. The monoisotopic (exact) mass is 226 g/mol. The van der Waals surface area contributed by atoms with Crippen molar-refractivity contribution in [2.24, 2.45) is 0 Å². The van der Waals surface area contributed by atoms with E-state index in [4.69, 9.17) is 22.5 Å². The lowest BCUT2D eigenvalue weighted by Crippen LogP contribution is -2.06. The fraction of sp³-hybridized carbons (Fsp3) is 0. The van der Waals surface area contributed by atoms with Gasteiger partial charge in [0.1, 0.15) is 11.6 Å². The topological polar surface area (TPSA) is 128 Å². The van der Waals surface area contributed by atoms with Crippen LogP contribution in [0.5, 0.6) is 0 Å². The molecule has 1 aromatic carbocycles. The van der Waals surface area contributed by atoms with Crippen molar-refractivity contribution in [3.63, 3.8) is 0 Å². The van der Waals surface area contributed by atoms with E-state index in [2.05, 4.69) is 9.97 Å². The van der Waals surface area contributed by atoms with Gasteiger partial charge >= 0.3 is 0 Å². The fourth-order valence-electron chi connectivity index (χ4n) is 1.52. The third-order valence-corrected chi connectivity index (χ3v) is 2.28. The minimum Gasteiger partial charge on any atom is -0.383 e. The van der Waals surface area contributed by atoms with Gasteiger partial charge in [-0.15, -0.1) is 0 Å². The molecule has 84 valence electrons. The zero-order chi connectivity index (χ0) is 12.4. The average Bonchev–Trinajstić information content (AvgIpc) is 2.28. The zero-order valence-corrected chi connectivity index (χ0v) is 8.88. The zero-order valence-electron chi connectivity index (χ0n) is 8.88. The Labute approximate surface area is 97.7 Å². The van der Waals surface area contributed by atoms with Gasteiger partial charge in [-0.2, -0.15) is 15.2 Å². The molecule has 6 nitrogen and oxygen atoms in total. The van der Waals surface area contributed by atoms with E-state index >= 15 is 0 Å². The number of rotatable bonds is 1. The van der Waals surface area contributed by atoms with Gasteiger partial charge in [-0.3, -0.25) is 0 Å². The Bertz CT molecular complexity index is 573. The summed E-state index contributed by atoms with van der Waals surface area (Å²) in [5.41, 5.74) is 18.8. The van der Waals surface area contributed by atoms with Gasteiger partial charge in [0.15, 0.2) is 0 Å². The number of hydrogen-bond donors (Lipinski definition) is 3. The van der Waals surface area contributed by atoms with Crippen molar-refractivity contribution < 1.29 is 0 Å². The second kappa shape index (κ2) is 3.98. The highest BCUT2D eigenvalue weighted by atomic mass is 15.1. The molecule has 0 spiro atoms. The molecule has 2 aromatic rings. The maximum atomic E-state index is 8.70. The first-order valence-corrected chi connectivity index (χ1v) is 4.81. The molecule has 0 unspecified atom stereocenters. The molecule has 6 N–H and O–H groups in total. The first-order valence-electron chi connectivity index (χ1n) is 4.81. The van der Waals surface area contributed by atoms with Crippen LogP contribution < -0.4 is 17.2 Å². The number of aromatic nitrogens is 2. The van der Waals surface area contributed by atoms with Gasteiger partial charge in [-0.1, -0.05) is 12.1 Å². The Balaban J connectivity index is 2.57. The molecule has 0 atom stereocenters. The molecule has 0 aliphatic carbocycles. The molecule has 0 saturated heterocycles. The van der Waals surface area contributed by atoms with Crippen LogP contribution in [0.15, 0.2) is 24.3 Å². The van der Waals surface area contributed by atoms with E-state index in [9.17, 15) is 0 Å². The summed E-state index contributed by atoms with van der Waals surface area (Å²) in [5, 5.41) is 8.70. The summed E-state index contributed by atoms with van der Waals surface area (Å²) < 4.78 is 0. The molecule has 6 heteroatoms. The molecular formula is C11H10N6. The summed E-state index contributed by atoms with van der Waals surface area (Å²) in [6.45, 7) is 0. The van der Waals surface area contributed by atoms with Crippen molar-refractivity contribution in [3.05, 3.63) is 29.8 Å². The van der Waals surface area contributed by atoms with Crippen LogP contribution >= 0.6 is 0 Å². The molecule has 2 rings (SSSR count). The molecule has 0 aliphatic rings. The van der Waals surface area contributed by atoms with Crippen LogP contribution in [-0.2, 0) is 0 Å². The summed E-state index contributed by atoms with van der Waals surface area (Å²) in [7, 11) is 0. The van der Waals surface area contributed by atoms with E-state index in [1.807, 2.05) is 6.07 Å². The molecule has 0 aliphatic heterocycles. The third kappa shape index (κ3) is 1.94. The molecule has 0 amide bonds. The van der Waals surface area contributed by atoms with Crippen LogP contribution in [0.1, 0.15) is 5.56 Å². The van der Waals surface area contributed by atoms with Crippen LogP contribution in [0.4, 0.5) is 17.6 Å². The van der Waals surface area contributed by atoms with Crippen LogP contribution in [0.2, 0.25) is 0 Å².